The van der Waals surface area contributed by atoms with Gasteiger partial charge in [-0.25, -0.2) is 0 Å². The van der Waals surface area contributed by atoms with Crippen LogP contribution in [-0.2, 0) is 0 Å². The van der Waals surface area contributed by atoms with E-state index in [2.05, 4.69) is 53.5 Å². The van der Waals surface area contributed by atoms with Crippen molar-refractivity contribution < 1.29 is 5.11 Å². The Bertz CT molecular complexity index is 311. The van der Waals surface area contributed by atoms with Gasteiger partial charge in [-0.2, -0.15) is 0 Å². The number of aliphatic hydroxyl groups excluding tert-OH is 1. The van der Waals surface area contributed by atoms with Gasteiger partial charge in [0.05, 0.1) is 0 Å². The summed E-state index contributed by atoms with van der Waals surface area (Å²) in [6.45, 7) is 7.27. The molecule has 0 bridgehead atoms. The maximum atomic E-state index is 9.15. The molecule has 4 heteroatoms. The van der Waals surface area contributed by atoms with E-state index in [-0.39, 0.29) is 12.0 Å². The molecule has 86 valence electrons. The molecule has 2 N–H and O–H groups in total. The molecule has 1 rings (SSSR count). The molecule has 1 heterocycles. The van der Waals surface area contributed by atoms with Crippen LogP contribution >= 0.6 is 27.3 Å². The Balaban J connectivity index is 2.50. The highest BCUT2D eigenvalue weighted by Crippen LogP contribution is 2.29. The Morgan fingerprint density at radius 1 is 1.60 bits per heavy atom. The van der Waals surface area contributed by atoms with Crippen LogP contribution in [-0.4, -0.2) is 18.3 Å². The van der Waals surface area contributed by atoms with E-state index in [1.54, 1.807) is 11.3 Å². The number of hydrogen-bond donors (Lipinski definition) is 2. The lowest BCUT2D eigenvalue weighted by Gasteiger charge is -2.24. The minimum atomic E-state index is -0.0575. The Morgan fingerprint density at radius 3 is 2.73 bits per heavy atom. The van der Waals surface area contributed by atoms with E-state index in [1.165, 1.54) is 4.88 Å². The van der Waals surface area contributed by atoms with Crippen molar-refractivity contribution in [3.05, 3.63) is 20.8 Å². The number of aliphatic hydroxyl groups is 1. The summed E-state index contributed by atoms with van der Waals surface area (Å²) < 4.78 is 1.16. The molecule has 0 aliphatic carbocycles. The van der Waals surface area contributed by atoms with E-state index >= 15 is 0 Å². The molecular weight excluding hydrogens is 274 g/mol. The van der Waals surface area contributed by atoms with Gasteiger partial charge in [-0.05, 0) is 34.3 Å². The van der Waals surface area contributed by atoms with Gasteiger partial charge in [0.1, 0.15) is 0 Å². The third-order valence-corrected chi connectivity index (χ3v) is 4.41. The molecule has 0 radical (unpaired) electrons. The van der Waals surface area contributed by atoms with Gasteiger partial charge in [-0.15, -0.1) is 11.3 Å². The van der Waals surface area contributed by atoms with E-state index in [0.717, 1.165) is 11.0 Å². The molecule has 0 aliphatic heterocycles. The van der Waals surface area contributed by atoms with Crippen LogP contribution in [0.25, 0.3) is 0 Å². The van der Waals surface area contributed by atoms with E-state index in [0.29, 0.717) is 6.04 Å². The number of thiophene rings is 1. The molecule has 0 spiro atoms. The predicted molar refractivity (Wildman–Crippen MR) is 69.3 cm³/mol. The number of halogens is 1. The number of hydrogen-bond acceptors (Lipinski definition) is 3. The summed E-state index contributed by atoms with van der Waals surface area (Å²) in [7, 11) is 0. The Hall–Kier alpha value is 0.100. The normalized spacial score (nSPS) is 14.2. The van der Waals surface area contributed by atoms with Gasteiger partial charge in [0.25, 0.3) is 0 Å². The van der Waals surface area contributed by atoms with Crippen LogP contribution in [0.1, 0.15) is 31.7 Å². The predicted octanol–water partition coefficient (Wildman–Crippen LogP) is 3.18. The fraction of sp³-hybridized carbons (Fsp3) is 0.636. The van der Waals surface area contributed by atoms with Crippen molar-refractivity contribution in [2.24, 2.45) is 5.41 Å². The smallest absolute Gasteiger partial charge is 0.0494 e. The molecule has 0 aromatic carbocycles. The zero-order valence-electron chi connectivity index (χ0n) is 9.38. The highest BCUT2D eigenvalue weighted by atomic mass is 79.9. The van der Waals surface area contributed by atoms with Crippen LogP contribution in [0.3, 0.4) is 0 Å². The standard InChI is InChI=1S/C11H18BrNOS/c1-8(10-9(12)4-5-15-10)13-6-11(2,3)7-14/h4-5,8,13-14H,6-7H2,1-3H3. The summed E-state index contributed by atoms with van der Waals surface area (Å²) in [6, 6.07) is 2.39. The first-order valence-corrected chi connectivity index (χ1v) is 6.71. The van der Waals surface area contributed by atoms with Crippen LogP contribution in [0.2, 0.25) is 0 Å². The molecule has 0 aliphatic rings. The van der Waals surface area contributed by atoms with Gasteiger partial charge in [-0.3, -0.25) is 0 Å². The van der Waals surface area contributed by atoms with Crippen molar-refractivity contribution in [1.82, 2.24) is 5.32 Å². The Morgan fingerprint density at radius 2 is 2.27 bits per heavy atom. The Kier molecular flexibility index (Phi) is 4.77. The van der Waals surface area contributed by atoms with Crippen molar-refractivity contribution >= 4 is 27.3 Å². The minimum absolute atomic E-state index is 0.0575. The average molecular weight is 292 g/mol. The van der Waals surface area contributed by atoms with Crippen molar-refractivity contribution in [1.29, 1.82) is 0 Å². The van der Waals surface area contributed by atoms with Gasteiger partial charge in [0.15, 0.2) is 0 Å². The SMILES string of the molecule is CC(NCC(C)(C)CO)c1sccc1Br. The number of nitrogens with one attached hydrogen (secondary N) is 1. The fourth-order valence-electron chi connectivity index (χ4n) is 1.19. The van der Waals surface area contributed by atoms with E-state index in [1.807, 2.05) is 0 Å². The monoisotopic (exact) mass is 291 g/mol. The summed E-state index contributed by atoms with van der Waals surface area (Å²) >= 11 is 5.27. The van der Waals surface area contributed by atoms with Crippen molar-refractivity contribution in [2.45, 2.75) is 26.8 Å². The summed E-state index contributed by atoms with van der Waals surface area (Å²) in [5.41, 5.74) is -0.0575. The highest BCUT2D eigenvalue weighted by molar-refractivity contribution is 9.10. The zero-order valence-corrected chi connectivity index (χ0v) is 11.8. The van der Waals surface area contributed by atoms with Crippen molar-refractivity contribution in [3.8, 4) is 0 Å². The summed E-state index contributed by atoms with van der Waals surface area (Å²) in [4.78, 5) is 1.31. The van der Waals surface area contributed by atoms with Crippen molar-refractivity contribution in [3.63, 3.8) is 0 Å². The van der Waals surface area contributed by atoms with Gasteiger partial charge in [-0.1, -0.05) is 13.8 Å². The van der Waals surface area contributed by atoms with Gasteiger partial charge < -0.3 is 10.4 Å². The third-order valence-electron chi connectivity index (χ3n) is 2.35. The molecule has 15 heavy (non-hydrogen) atoms. The molecule has 2 nitrogen and oxygen atoms in total. The molecule has 1 atom stereocenters. The second-order valence-corrected chi connectivity index (χ2v) is 6.36. The Labute approximate surface area is 104 Å². The second kappa shape index (κ2) is 5.43. The maximum absolute atomic E-state index is 9.15. The van der Waals surface area contributed by atoms with Crippen LogP contribution in [0.4, 0.5) is 0 Å². The summed E-state index contributed by atoms with van der Waals surface area (Å²) in [6.07, 6.45) is 0. The first-order valence-electron chi connectivity index (χ1n) is 5.03. The topological polar surface area (TPSA) is 32.3 Å². The maximum Gasteiger partial charge on any atom is 0.0494 e. The van der Waals surface area contributed by atoms with Gasteiger partial charge >= 0.3 is 0 Å². The van der Waals surface area contributed by atoms with E-state index in [4.69, 9.17) is 5.11 Å². The average Bonchev–Trinajstić information content (AvgIpc) is 2.61. The molecule has 0 saturated carbocycles. The molecule has 1 aromatic heterocycles. The van der Waals surface area contributed by atoms with Crippen LogP contribution in [0, 0.1) is 5.41 Å². The quantitative estimate of drug-likeness (QED) is 0.873. The van der Waals surface area contributed by atoms with Gasteiger partial charge in [0.2, 0.25) is 0 Å². The largest absolute Gasteiger partial charge is 0.396 e. The van der Waals surface area contributed by atoms with E-state index < -0.39 is 0 Å². The third kappa shape index (κ3) is 3.87. The molecular formula is C11H18BrNOS. The van der Waals surface area contributed by atoms with E-state index in [9.17, 15) is 0 Å². The number of rotatable bonds is 5. The molecule has 0 amide bonds. The molecule has 0 saturated heterocycles. The lowest BCUT2D eigenvalue weighted by atomic mass is 9.94. The highest BCUT2D eigenvalue weighted by Gasteiger charge is 2.18. The molecule has 0 fully saturated rings. The molecule has 1 aromatic rings. The fourth-order valence-corrected chi connectivity index (χ4v) is 2.94. The van der Waals surface area contributed by atoms with Crippen LogP contribution < -0.4 is 5.32 Å². The first kappa shape index (κ1) is 13.2. The molecule has 1 unspecified atom stereocenters. The van der Waals surface area contributed by atoms with Gasteiger partial charge in [0, 0.05) is 34.0 Å². The zero-order chi connectivity index (χ0) is 11.5. The van der Waals surface area contributed by atoms with Crippen LogP contribution in [0.15, 0.2) is 15.9 Å². The van der Waals surface area contributed by atoms with Crippen molar-refractivity contribution in [2.75, 3.05) is 13.2 Å². The lowest BCUT2D eigenvalue weighted by molar-refractivity contribution is 0.154. The first-order chi connectivity index (χ1) is 6.96. The second-order valence-electron chi connectivity index (χ2n) is 4.56. The lowest BCUT2D eigenvalue weighted by Crippen LogP contribution is -2.33. The summed E-state index contributed by atoms with van der Waals surface area (Å²) in [5, 5.41) is 14.7. The summed E-state index contributed by atoms with van der Waals surface area (Å²) in [5.74, 6) is 0. The minimum Gasteiger partial charge on any atom is -0.396 e. The van der Waals surface area contributed by atoms with Crippen LogP contribution in [0.5, 0.6) is 0 Å².